The van der Waals surface area contributed by atoms with Crippen LogP contribution in [0.4, 0.5) is 0 Å². The third-order valence-electron chi connectivity index (χ3n) is 5.23. The molecule has 2 aliphatic rings. The van der Waals surface area contributed by atoms with Gasteiger partial charge in [0.25, 0.3) is 0 Å². The average molecular weight is 393 g/mol. The molecule has 5 nitrogen and oxygen atoms in total. The van der Waals surface area contributed by atoms with Crippen molar-refractivity contribution in [1.82, 2.24) is 10.2 Å². The lowest BCUT2D eigenvalue weighted by Gasteiger charge is -2.39. The molecule has 1 aromatic rings. The number of benzene rings is 1. The van der Waals surface area contributed by atoms with Crippen LogP contribution in [0.3, 0.4) is 0 Å². The number of halogens is 2. The molecular formula is C18H30Cl2N2O3. The zero-order chi connectivity index (χ0) is 16.2. The highest BCUT2D eigenvalue weighted by Crippen LogP contribution is 2.45. The molecule has 0 bridgehead atoms. The minimum absolute atomic E-state index is 0. The number of hydrogen-bond donors (Lipinski definition) is 2. The van der Waals surface area contributed by atoms with Gasteiger partial charge in [-0.25, -0.2) is 0 Å². The van der Waals surface area contributed by atoms with Crippen molar-refractivity contribution in [3.05, 3.63) is 17.7 Å². The Morgan fingerprint density at radius 3 is 2.04 bits per heavy atom. The van der Waals surface area contributed by atoms with Gasteiger partial charge in [0.15, 0.2) is 11.5 Å². The molecule has 3 rings (SSSR count). The van der Waals surface area contributed by atoms with Gasteiger partial charge in [-0.2, -0.15) is 0 Å². The zero-order valence-electron chi connectivity index (χ0n) is 15.0. The zero-order valence-corrected chi connectivity index (χ0v) is 16.6. The Morgan fingerprint density at radius 2 is 1.56 bits per heavy atom. The summed E-state index contributed by atoms with van der Waals surface area (Å²) in [5.41, 5.74) is 1.20. The SMILES string of the molecule is COc1cc([C@@H](C2CCCC2)N2CCNCC2)cc(OC)c1O.Cl.Cl. The van der Waals surface area contributed by atoms with Crippen molar-refractivity contribution in [1.29, 1.82) is 0 Å². The lowest BCUT2D eigenvalue weighted by Crippen LogP contribution is -2.46. The second-order valence-corrected chi connectivity index (χ2v) is 6.55. The number of nitrogens with zero attached hydrogens (tertiary/aromatic N) is 1. The summed E-state index contributed by atoms with van der Waals surface area (Å²) in [6, 6.07) is 4.36. The molecule has 0 amide bonds. The fourth-order valence-corrected chi connectivity index (χ4v) is 4.10. The van der Waals surface area contributed by atoms with Crippen molar-refractivity contribution >= 4 is 24.8 Å². The topological polar surface area (TPSA) is 54.0 Å². The van der Waals surface area contributed by atoms with Gasteiger partial charge < -0.3 is 19.9 Å². The molecule has 1 aromatic carbocycles. The van der Waals surface area contributed by atoms with Crippen LogP contribution >= 0.6 is 24.8 Å². The molecule has 1 heterocycles. The third-order valence-corrected chi connectivity index (χ3v) is 5.23. The molecule has 0 aromatic heterocycles. The van der Waals surface area contributed by atoms with Gasteiger partial charge in [-0.3, -0.25) is 4.90 Å². The van der Waals surface area contributed by atoms with Crippen LogP contribution in [0.5, 0.6) is 17.2 Å². The molecule has 1 aliphatic heterocycles. The van der Waals surface area contributed by atoms with Gasteiger partial charge in [-0.1, -0.05) is 12.8 Å². The number of aromatic hydroxyl groups is 1. The number of methoxy groups -OCH3 is 2. The first-order valence-electron chi connectivity index (χ1n) is 8.64. The van der Waals surface area contributed by atoms with Crippen LogP contribution in [-0.2, 0) is 0 Å². The third kappa shape index (κ3) is 4.85. The van der Waals surface area contributed by atoms with Crippen molar-refractivity contribution in [2.45, 2.75) is 31.7 Å². The van der Waals surface area contributed by atoms with Gasteiger partial charge in [0, 0.05) is 32.2 Å². The van der Waals surface area contributed by atoms with E-state index in [-0.39, 0.29) is 30.6 Å². The minimum Gasteiger partial charge on any atom is -0.502 e. The fraction of sp³-hybridized carbons (Fsp3) is 0.667. The number of nitrogens with one attached hydrogen (secondary N) is 1. The van der Waals surface area contributed by atoms with Gasteiger partial charge in [-0.15, -0.1) is 24.8 Å². The summed E-state index contributed by atoms with van der Waals surface area (Å²) in [4.78, 5) is 2.58. The Hall–Kier alpha value is -0.880. The fourth-order valence-electron chi connectivity index (χ4n) is 4.10. The summed E-state index contributed by atoms with van der Waals surface area (Å²) < 4.78 is 10.7. The van der Waals surface area contributed by atoms with E-state index in [0.717, 1.165) is 26.2 Å². The van der Waals surface area contributed by atoms with E-state index in [1.54, 1.807) is 14.2 Å². The second-order valence-electron chi connectivity index (χ2n) is 6.55. The summed E-state index contributed by atoms with van der Waals surface area (Å²) in [5.74, 6) is 1.76. The first-order valence-corrected chi connectivity index (χ1v) is 8.64. The van der Waals surface area contributed by atoms with Crippen molar-refractivity contribution in [3.63, 3.8) is 0 Å². The molecule has 7 heteroatoms. The highest BCUT2D eigenvalue weighted by atomic mass is 35.5. The van der Waals surface area contributed by atoms with Gasteiger partial charge in [0.05, 0.1) is 14.2 Å². The quantitative estimate of drug-likeness (QED) is 0.803. The standard InChI is InChI=1S/C18H28N2O3.2ClH/c1-22-15-11-14(12-16(23-2)18(15)21)17(13-5-3-4-6-13)20-9-7-19-8-10-20;;/h11-13,17,19,21H,3-10H2,1-2H3;2*1H/t17-;;/m1../s1. The maximum Gasteiger partial charge on any atom is 0.200 e. The van der Waals surface area contributed by atoms with Crippen LogP contribution in [0.15, 0.2) is 12.1 Å². The van der Waals surface area contributed by atoms with Crippen LogP contribution in [0.25, 0.3) is 0 Å². The number of phenolic OH excluding ortho intramolecular Hbond substituents is 1. The van der Waals surface area contributed by atoms with Crippen molar-refractivity contribution < 1.29 is 14.6 Å². The molecule has 0 spiro atoms. The maximum atomic E-state index is 10.2. The van der Waals surface area contributed by atoms with E-state index < -0.39 is 0 Å². The van der Waals surface area contributed by atoms with Crippen LogP contribution in [0.2, 0.25) is 0 Å². The number of rotatable bonds is 5. The number of phenols is 1. The summed E-state index contributed by atoms with van der Waals surface area (Å²) in [7, 11) is 3.18. The summed E-state index contributed by atoms with van der Waals surface area (Å²) in [5, 5.41) is 13.6. The molecular weight excluding hydrogens is 363 g/mol. The van der Waals surface area contributed by atoms with Gasteiger partial charge >= 0.3 is 0 Å². The van der Waals surface area contributed by atoms with E-state index in [4.69, 9.17) is 9.47 Å². The van der Waals surface area contributed by atoms with Gasteiger partial charge in [0.2, 0.25) is 5.75 Å². The normalized spacial score (nSPS) is 19.6. The monoisotopic (exact) mass is 392 g/mol. The van der Waals surface area contributed by atoms with Crippen molar-refractivity contribution in [3.8, 4) is 17.2 Å². The highest BCUT2D eigenvalue weighted by molar-refractivity contribution is 5.85. The lowest BCUT2D eigenvalue weighted by atomic mass is 9.89. The van der Waals surface area contributed by atoms with E-state index in [2.05, 4.69) is 10.2 Å². The largest absolute Gasteiger partial charge is 0.502 e. The van der Waals surface area contributed by atoms with E-state index in [0.29, 0.717) is 23.5 Å². The molecule has 1 atom stereocenters. The van der Waals surface area contributed by atoms with E-state index in [1.165, 1.54) is 31.2 Å². The summed E-state index contributed by atoms with van der Waals surface area (Å²) >= 11 is 0. The molecule has 2 fully saturated rings. The first kappa shape index (κ1) is 22.2. The Labute approximate surface area is 162 Å². The molecule has 25 heavy (non-hydrogen) atoms. The molecule has 1 aliphatic carbocycles. The minimum atomic E-state index is 0. The predicted octanol–water partition coefficient (Wildman–Crippen LogP) is 3.39. The van der Waals surface area contributed by atoms with Crippen LogP contribution < -0.4 is 14.8 Å². The lowest BCUT2D eigenvalue weighted by molar-refractivity contribution is 0.125. The van der Waals surface area contributed by atoms with Crippen LogP contribution in [-0.4, -0.2) is 50.4 Å². The van der Waals surface area contributed by atoms with Gasteiger partial charge in [0.1, 0.15) is 0 Å². The molecule has 1 saturated carbocycles. The van der Waals surface area contributed by atoms with E-state index in [1.807, 2.05) is 12.1 Å². The molecule has 1 saturated heterocycles. The number of piperazine rings is 1. The predicted molar refractivity (Wildman–Crippen MR) is 105 cm³/mol. The first-order chi connectivity index (χ1) is 11.2. The Bertz CT molecular complexity index is 508. The van der Waals surface area contributed by atoms with Crippen LogP contribution in [0.1, 0.15) is 37.3 Å². The van der Waals surface area contributed by atoms with Crippen LogP contribution in [0, 0.1) is 5.92 Å². The summed E-state index contributed by atoms with van der Waals surface area (Å²) in [6.07, 6.45) is 5.19. The Kier molecular flexibility index (Phi) is 9.14. The molecule has 0 unspecified atom stereocenters. The van der Waals surface area contributed by atoms with Crippen molar-refractivity contribution in [2.75, 3.05) is 40.4 Å². The number of hydrogen-bond acceptors (Lipinski definition) is 5. The highest BCUT2D eigenvalue weighted by Gasteiger charge is 2.33. The Morgan fingerprint density at radius 1 is 1.04 bits per heavy atom. The maximum absolute atomic E-state index is 10.2. The smallest absolute Gasteiger partial charge is 0.200 e. The average Bonchev–Trinajstić information content (AvgIpc) is 3.11. The molecule has 2 N–H and O–H groups in total. The van der Waals surface area contributed by atoms with E-state index in [9.17, 15) is 5.11 Å². The number of ether oxygens (including phenoxy) is 2. The van der Waals surface area contributed by atoms with E-state index >= 15 is 0 Å². The Balaban J connectivity index is 0.00000156. The second kappa shape index (κ2) is 10.3. The summed E-state index contributed by atoms with van der Waals surface area (Å²) in [6.45, 7) is 4.20. The molecule has 144 valence electrons. The molecule has 0 radical (unpaired) electrons. The van der Waals surface area contributed by atoms with Gasteiger partial charge in [-0.05, 0) is 36.5 Å². The van der Waals surface area contributed by atoms with Crippen molar-refractivity contribution in [2.24, 2.45) is 5.92 Å².